The Labute approximate surface area is 125 Å². The molecule has 1 aromatic carbocycles. The zero-order valence-electron chi connectivity index (χ0n) is 10.4. The predicted molar refractivity (Wildman–Crippen MR) is 76.4 cm³/mol. The summed E-state index contributed by atoms with van der Waals surface area (Å²) in [6.07, 6.45) is -3.63. The largest absolute Gasteiger partial charge is 0.417 e. The van der Waals surface area contributed by atoms with Crippen molar-refractivity contribution in [1.29, 1.82) is 0 Å². The minimum atomic E-state index is -4.41. The number of anilines is 1. The molecule has 21 heavy (non-hydrogen) atoms. The molecule has 0 amide bonds. The summed E-state index contributed by atoms with van der Waals surface area (Å²) in [5.41, 5.74) is 7.06. The fourth-order valence-corrected chi connectivity index (χ4v) is 2.41. The Morgan fingerprint density at radius 3 is 2.57 bits per heavy atom. The maximum atomic E-state index is 12.5. The topological polar surface area (TPSA) is 67.6 Å². The number of aromatic amines is 1. The van der Waals surface area contributed by atoms with Gasteiger partial charge in [-0.25, -0.2) is 4.98 Å². The van der Waals surface area contributed by atoms with Gasteiger partial charge in [-0.15, -0.1) is 0 Å². The van der Waals surface area contributed by atoms with Crippen molar-refractivity contribution < 1.29 is 13.2 Å². The number of pyridine rings is 1. The second kappa shape index (κ2) is 4.73. The molecular formula is C13H8BrF3N4. The molecule has 0 aliphatic heterocycles. The van der Waals surface area contributed by atoms with E-state index in [1.165, 1.54) is 6.07 Å². The van der Waals surface area contributed by atoms with Gasteiger partial charge in [-0.05, 0) is 24.3 Å². The lowest BCUT2D eigenvalue weighted by Gasteiger charge is -2.05. The average molecular weight is 357 g/mol. The summed E-state index contributed by atoms with van der Waals surface area (Å²) < 4.78 is 38.3. The van der Waals surface area contributed by atoms with Crippen molar-refractivity contribution in [2.24, 2.45) is 0 Å². The molecule has 2 aromatic heterocycles. The van der Waals surface area contributed by atoms with Crippen LogP contribution in [0, 0.1) is 0 Å². The molecule has 0 unspecified atom stereocenters. The SMILES string of the molecule is Nc1cc(Br)cc2[nH]c(-c3ccc(C(F)(F)F)cn3)nc12. The van der Waals surface area contributed by atoms with Gasteiger partial charge in [-0.3, -0.25) is 4.98 Å². The van der Waals surface area contributed by atoms with Crippen LogP contribution in [0.4, 0.5) is 18.9 Å². The molecular weight excluding hydrogens is 349 g/mol. The van der Waals surface area contributed by atoms with Gasteiger partial charge in [0.1, 0.15) is 11.2 Å². The quantitative estimate of drug-likeness (QED) is 0.647. The van der Waals surface area contributed by atoms with Crippen LogP contribution in [0.2, 0.25) is 0 Å². The summed E-state index contributed by atoms with van der Waals surface area (Å²) in [5, 5.41) is 0. The van der Waals surface area contributed by atoms with E-state index in [1.807, 2.05) is 0 Å². The van der Waals surface area contributed by atoms with E-state index >= 15 is 0 Å². The van der Waals surface area contributed by atoms with Crippen LogP contribution in [0.3, 0.4) is 0 Å². The highest BCUT2D eigenvalue weighted by Crippen LogP contribution is 2.30. The first kappa shape index (κ1) is 13.9. The number of imidazole rings is 1. The lowest BCUT2D eigenvalue weighted by Crippen LogP contribution is -2.05. The molecule has 108 valence electrons. The smallest absolute Gasteiger partial charge is 0.397 e. The normalized spacial score (nSPS) is 12.0. The Morgan fingerprint density at radius 1 is 1.19 bits per heavy atom. The Bertz CT molecular complexity index is 809. The molecule has 0 atom stereocenters. The first-order chi connectivity index (χ1) is 9.84. The summed E-state index contributed by atoms with van der Waals surface area (Å²) in [6.45, 7) is 0. The molecule has 2 heterocycles. The predicted octanol–water partition coefficient (Wildman–Crippen LogP) is 3.99. The van der Waals surface area contributed by atoms with Crippen LogP contribution in [0.1, 0.15) is 5.56 Å². The van der Waals surface area contributed by atoms with Crippen LogP contribution in [0.25, 0.3) is 22.6 Å². The van der Waals surface area contributed by atoms with Crippen LogP contribution < -0.4 is 5.73 Å². The number of rotatable bonds is 1. The van der Waals surface area contributed by atoms with Crippen molar-refractivity contribution in [2.75, 3.05) is 5.73 Å². The molecule has 0 aliphatic carbocycles. The fourth-order valence-electron chi connectivity index (χ4n) is 1.93. The van der Waals surface area contributed by atoms with Gasteiger partial charge in [0, 0.05) is 10.7 Å². The Hall–Kier alpha value is -2.09. The second-order valence-electron chi connectivity index (χ2n) is 4.41. The Balaban J connectivity index is 2.06. The third-order valence-corrected chi connectivity index (χ3v) is 3.37. The number of H-pyrrole nitrogens is 1. The Kier molecular flexibility index (Phi) is 3.12. The second-order valence-corrected chi connectivity index (χ2v) is 5.32. The van der Waals surface area contributed by atoms with Gasteiger partial charge in [0.15, 0.2) is 5.82 Å². The number of nitrogens with two attached hydrogens (primary N) is 1. The number of fused-ring (bicyclic) bond motifs is 1. The minimum absolute atomic E-state index is 0.315. The molecule has 8 heteroatoms. The number of hydrogen-bond donors (Lipinski definition) is 2. The van der Waals surface area contributed by atoms with Crippen LogP contribution >= 0.6 is 15.9 Å². The van der Waals surface area contributed by atoms with Crippen molar-refractivity contribution in [2.45, 2.75) is 6.18 Å². The third kappa shape index (κ3) is 2.58. The number of aromatic nitrogens is 3. The van der Waals surface area contributed by atoms with Crippen molar-refractivity contribution in [3.05, 3.63) is 40.5 Å². The molecule has 4 nitrogen and oxygen atoms in total. The monoisotopic (exact) mass is 356 g/mol. The van der Waals surface area contributed by atoms with Gasteiger partial charge in [-0.2, -0.15) is 13.2 Å². The van der Waals surface area contributed by atoms with E-state index in [4.69, 9.17) is 5.73 Å². The number of alkyl halides is 3. The fraction of sp³-hybridized carbons (Fsp3) is 0.0769. The summed E-state index contributed by atoms with van der Waals surface area (Å²) in [4.78, 5) is 11.1. The highest BCUT2D eigenvalue weighted by Gasteiger charge is 2.30. The number of nitrogen functional groups attached to an aromatic ring is 1. The van der Waals surface area contributed by atoms with Crippen molar-refractivity contribution in [1.82, 2.24) is 15.0 Å². The molecule has 0 bridgehead atoms. The highest BCUT2D eigenvalue weighted by molar-refractivity contribution is 9.10. The number of nitrogens with zero attached hydrogens (tertiary/aromatic N) is 2. The molecule has 0 aliphatic rings. The van der Waals surface area contributed by atoms with Crippen LogP contribution in [0.15, 0.2) is 34.9 Å². The summed E-state index contributed by atoms with van der Waals surface area (Å²) in [5.74, 6) is 0.364. The molecule has 3 rings (SSSR count). The average Bonchev–Trinajstić information content (AvgIpc) is 2.82. The minimum Gasteiger partial charge on any atom is -0.397 e. The molecule has 3 aromatic rings. The molecule has 0 spiro atoms. The van der Waals surface area contributed by atoms with Crippen molar-refractivity contribution in [3.63, 3.8) is 0 Å². The maximum absolute atomic E-state index is 12.5. The lowest BCUT2D eigenvalue weighted by molar-refractivity contribution is -0.137. The maximum Gasteiger partial charge on any atom is 0.417 e. The first-order valence-corrected chi connectivity index (χ1v) is 6.62. The molecule has 0 saturated carbocycles. The van der Waals surface area contributed by atoms with E-state index in [-0.39, 0.29) is 0 Å². The zero-order valence-corrected chi connectivity index (χ0v) is 12.0. The molecule has 0 radical (unpaired) electrons. The zero-order chi connectivity index (χ0) is 15.2. The number of benzene rings is 1. The van der Waals surface area contributed by atoms with Crippen molar-refractivity contribution >= 4 is 32.7 Å². The van der Waals surface area contributed by atoms with Gasteiger partial charge < -0.3 is 10.7 Å². The van der Waals surface area contributed by atoms with Crippen LogP contribution in [-0.2, 0) is 6.18 Å². The third-order valence-electron chi connectivity index (χ3n) is 2.91. The van der Waals surface area contributed by atoms with E-state index in [1.54, 1.807) is 12.1 Å². The highest BCUT2D eigenvalue weighted by atomic mass is 79.9. The van der Waals surface area contributed by atoms with E-state index in [2.05, 4.69) is 30.9 Å². The summed E-state index contributed by atoms with van der Waals surface area (Å²) in [7, 11) is 0. The van der Waals surface area contributed by atoms with Gasteiger partial charge in [-0.1, -0.05) is 15.9 Å². The van der Waals surface area contributed by atoms with Crippen molar-refractivity contribution in [3.8, 4) is 11.5 Å². The Morgan fingerprint density at radius 2 is 1.95 bits per heavy atom. The van der Waals surface area contributed by atoms with E-state index in [0.717, 1.165) is 16.7 Å². The van der Waals surface area contributed by atoms with E-state index in [9.17, 15) is 13.2 Å². The molecule has 3 N–H and O–H groups in total. The van der Waals surface area contributed by atoms with Gasteiger partial charge >= 0.3 is 6.18 Å². The first-order valence-electron chi connectivity index (χ1n) is 5.83. The number of halogens is 4. The van der Waals surface area contributed by atoms with Crippen LogP contribution in [-0.4, -0.2) is 15.0 Å². The standard InChI is InChI=1S/C13H8BrF3N4/c14-7-3-8(18)11-10(4-7)20-12(21-11)9-2-1-6(5-19-9)13(15,16)17/h1-5H,18H2,(H,20,21). The van der Waals surface area contributed by atoms with Gasteiger partial charge in [0.2, 0.25) is 0 Å². The summed E-state index contributed by atoms with van der Waals surface area (Å²) in [6, 6.07) is 5.72. The van der Waals surface area contributed by atoms with Gasteiger partial charge in [0.25, 0.3) is 0 Å². The van der Waals surface area contributed by atoms with E-state index in [0.29, 0.717) is 28.2 Å². The number of nitrogens with one attached hydrogen (secondary N) is 1. The number of hydrogen-bond acceptors (Lipinski definition) is 3. The van der Waals surface area contributed by atoms with Crippen LogP contribution in [0.5, 0.6) is 0 Å². The van der Waals surface area contributed by atoms with E-state index < -0.39 is 11.7 Å². The lowest BCUT2D eigenvalue weighted by atomic mass is 10.2. The molecule has 0 saturated heterocycles. The molecule has 0 fully saturated rings. The van der Waals surface area contributed by atoms with Gasteiger partial charge in [0.05, 0.1) is 16.8 Å². The summed E-state index contributed by atoms with van der Waals surface area (Å²) >= 11 is 3.31.